The third-order valence-corrected chi connectivity index (χ3v) is 6.04. The summed E-state index contributed by atoms with van der Waals surface area (Å²) in [7, 11) is 0. The molecular formula is C19H29N3O2S. The molecule has 1 aromatic carbocycles. The minimum absolute atomic E-state index is 0.325. The van der Waals surface area contributed by atoms with Crippen molar-refractivity contribution in [3.8, 4) is 11.5 Å². The molecule has 0 aromatic heterocycles. The molecule has 0 radical (unpaired) electrons. The van der Waals surface area contributed by atoms with E-state index in [9.17, 15) is 0 Å². The maximum Gasteiger partial charge on any atom is 0.191 e. The molecule has 1 atom stereocenters. The van der Waals surface area contributed by atoms with E-state index in [1.807, 2.05) is 12.1 Å². The predicted molar refractivity (Wildman–Crippen MR) is 105 cm³/mol. The highest BCUT2D eigenvalue weighted by molar-refractivity contribution is 8.00. The highest BCUT2D eigenvalue weighted by Gasteiger charge is 2.29. The van der Waals surface area contributed by atoms with E-state index in [1.54, 1.807) is 0 Å². The number of rotatable bonds is 5. The van der Waals surface area contributed by atoms with Gasteiger partial charge in [-0.2, -0.15) is 11.8 Å². The largest absolute Gasteiger partial charge is 0.490 e. The van der Waals surface area contributed by atoms with E-state index >= 15 is 0 Å². The van der Waals surface area contributed by atoms with Gasteiger partial charge in [0.2, 0.25) is 0 Å². The summed E-state index contributed by atoms with van der Waals surface area (Å²) in [6.07, 6.45) is 3.51. The number of hydrogen-bond donors (Lipinski definition) is 2. The number of fused-ring (bicyclic) bond motifs is 1. The number of benzene rings is 1. The molecular weight excluding hydrogens is 334 g/mol. The molecule has 0 amide bonds. The second-order valence-electron chi connectivity index (χ2n) is 6.78. The molecule has 0 bridgehead atoms. The average molecular weight is 364 g/mol. The molecule has 5 nitrogen and oxygen atoms in total. The Morgan fingerprint density at radius 2 is 2.04 bits per heavy atom. The smallest absolute Gasteiger partial charge is 0.191 e. The van der Waals surface area contributed by atoms with Crippen LogP contribution in [0.1, 0.15) is 38.7 Å². The summed E-state index contributed by atoms with van der Waals surface area (Å²) < 4.78 is 11.8. The van der Waals surface area contributed by atoms with Crippen LogP contribution in [0.4, 0.5) is 0 Å². The fourth-order valence-electron chi connectivity index (χ4n) is 3.07. The summed E-state index contributed by atoms with van der Waals surface area (Å²) in [4.78, 5) is 4.74. The van der Waals surface area contributed by atoms with Gasteiger partial charge in [0.25, 0.3) is 0 Å². The van der Waals surface area contributed by atoms with Crippen molar-refractivity contribution in [1.82, 2.24) is 10.6 Å². The Morgan fingerprint density at radius 3 is 2.80 bits per heavy atom. The van der Waals surface area contributed by atoms with Crippen molar-refractivity contribution in [2.75, 3.05) is 32.1 Å². The minimum atomic E-state index is 0.325. The molecule has 2 heterocycles. The molecule has 1 fully saturated rings. The van der Waals surface area contributed by atoms with Crippen LogP contribution >= 0.6 is 11.8 Å². The van der Waals surface area contributed by atoms with Gasteiger partial charge in [-0.25, -0.2) is 4.99 Å². The monoisotopic (exact) mass is 363 g/mol. The van der Waals surface area contributed by atoms with Crippen LogP contribution in [0.25, 0.3) is 0 Å². The van der Waals surface area contributed by atoms with Gasteiger partial charge in [0.15, 0.2) is 17.5 Å². The molecule has 0 aliphatic carbocycles. The number of aliphatic imine (C=N–C) groups is 1. The molecule has 0 saturated carbocycles. The third kappa shape index (κ3) is 5.21. The standard InChI is InChI=1S/C19H29N3O2S/c1-3-20-18(22-14-19(2)8-4-11-25-19)21-13-15-6-7-16-17(12-15)24-10-5-9-23-16/h6-7,12H,3-5,8-11,13-14H2,1-2H3,(H2,20,21,22). The number of thioether (sulfide) groups is 1. The van der Waals surface area contributed by atoms with E-state index in [-0.39, 0.29) is 0 Å². The van der Waals surface area contributed by atoms with Gasteiger partial charge < -0.3 is 20.1 Å². The van der Waals surface area contributed by atoms with Crippen LogP contribution in [0.5, 0.6) is 11.5 Å². The molecule has 25 heavy (non-hydrogen) atoms. The Bertz CT molecular complexity index is 600. The number of ether oxygens (including phenoxy) is 2. The SMILES string of the molecule is CCNC(=NCc1ccc2c(c1)OCCCO2)NCC1(C)CCCS1. The van der Waals surface area contributed by atoms with Crippen molar-refractivity contribution in [3.63, 3.8) is 0 Å². The van der Waals surface area contributed by atoms with Crippen molar-refractivity contribution in [3.05, 3.63) is 23.8 Å². The van der Waals surface area contributed by atoms with Crippen LogP contribution in [0.15, 0.2) is 23.2 Å². The van der Waals surface area contributed by atoms with E-state index in [4.69, 9.17) is 14.5 Å². The quantitative estimate of drug-likeness (QED) is 0.622. The Morgan fingerprint density at radius 1 is 1.20 bits per heavy atom. The lowest BCUT2D eigenvalue weighted by Crippen LogP contribution is -2.43. The molecule has 2 aliphatic heterocycles. The summed E-state index contributed by atoms with van der Waals surface area (Å²) in [5.41, 5.74) is 1.13. The zero-order chi connectivity index (χ0) is 17.5. The van der Waals surface area contributed by atoms with Crippen molar-refractivity contribution >= 4 is 17.7 Å². The molecule has 1 aromatic rings. The fraction of sp³-hybridized carbons (Fsp3) is 0.632. The highest BCUT2D eigenvalue weighted by Crippen LogP contribution is 2.37. The molecule has 1 saturated heterocycles. The fourth-order valence-corrected chi connectivity index (χ4v) is 4.31. The first-order valence-corrected chi connectivity index (χ1v) is 10.2. The van der Waals surface area contributed by atoms with Gasteiger partial charge in [-0.05, 0) is 50.1 Å². The minimum Gasteiger partial charge on any atom is -0.490 e. The Balaban J connectivity index is 1.61. The first-order chi connectivity index (χ1) is 12.2. The van der Waals surface area contributed by atoms with Gasteiger partial charge in [0, 0.05) is 24.3 Å². The molecule has 138 valence electrons. The van der Waals surface area contributed by atoms with Crippen molar-refractivity contribution < 1.29 is 9.47 Å². The maximum absolute atomic E-state index is 5.76. The summed E-state index contributed by atoms with van der Waals surface area (Å²) in [5.74, 6) is 3.81. The Hall–Kier alpha value is -1.56. The van der Waals surface area contributed by atoms with Gasteiger partial charge in [-0.1, -0.05) is 6.07 Å². The van der Waals surface area contributed by atoms with E-state index < -0.39 is 0 Å². The van der Waals surface area contributed by atoms with Crippen LogP contribution in [-0.2, 0) is 6.54 Å². The second kappa shape index (κ2) is 8.70. The highest BCUT2D eigenvalue weighted by atomic mass is 32.2. The van der Waals surface area contributed by atoms with Crippen molar-refractivity contribution in [1.29, 1.82) is 0 Å². The van der Waals surface area contributed by atoms with Gasteiger partial charge >= 0.3 is 0 Å². The lowest BCUT2D eigenvalue weighted by atomic mass is 10.1. The molecule has 6 heteroatoms. The van der Waals surface area contributed by atoms with Crippen LogP contribution in [0.3, 0.4) is 0 Å². The van der Waals surface area contributed by atoms with Gasteiger partial charge in [-0.3, -0.25) is 0 Å². The molecule has 2 aliphatic rings. The van der Waals surface area contributed by atoms with Crippen LogP contribution in [-0.4, -0.2) is 42.8 Å². The number of guanidine groups is 1. The lowest BCUT2D eigenvalue weighted by molar-refractivity contribution is 0.297. The maximum atomic E-state index is 5.76. The van der Waals surface area contributed by atoms with Crippen molar-refractivity contribution in [2.24, 2.45) is 4.99 Å². The van der Waals surface area contributed by atoms with Gasteiger partial charge in [0.05, 0.1) is 19.8 Å². The summed E-state index contributed by atoms with van der Waals surface area (Å²) in [5, 5.41) is 6.85. The van der Waals surface area contributed by atoms with E-state index in [0.717, 1.165) is 49.1 Å². The van der Waals surface area contributed by atoms with E-state index in [2.05, 4.69) is 42.3 Å². The number of nitrogens with one attached hydrogen (secondary N) is 2. The zero-order valence-corrected chi connectivity index (χ0v) is 16.1. The topological polar surface area (TPSA) is 54.9 Å². The third-order valence-electron chi connectivity index (χ3n) is 4.51. The number of nitrogens with zero attached hydrogens (tertiary/aromatic N) is 1. The van der Waals surface area contributed by atoms with Crippen LogP contribution in [0.2, 0.25) is 0 Å². The van der Waals surface area contributed by atoms with E-state index in [0.29, 0.717) is 17.9 Å². The zero-order valence-electron chi connectivity index (χ0n) is 15.3. The van der Waals surface area contributed by atoms with E-state index in [1.165, 1.54) is 18.6 Å². The normalized spacial score (nSPS) is 23.2. The molecule has 2 N–H and O–H groups in total. The first-order valence-electron chi connectivity index (χ1n) is 9.23. The average Bonchev–Trinajstić information content (AvgIpc) is 2.91. The second-order valence-corrected chi connectivity index (χ2v) is 8.46. The predicted octanol–water partition coefficient (Wildman–Crippen LogP) is 3.19. The Kier molecular flexibility index (Phi) is 6.34. The lowest BCUT2D eigenvalue weighted by Gasteiger charge is -2.24. The first kappa shape index (κ1) is 18.2. The number of hydrogen-bond acceptors (Lipinski definition) is 4. The van der Waals surface area contributed by atoms with Gasteiger partial charge in [-0.15, -0.1) is 0 Å². The van der Waals surface area contributed by atoms with Crippen molar-refractivity contribution in [2.45, 2.75) is 44.4 Å². The Labute approximate surface area is 155 Å². The summed E-state index contributed by atoms with van der Waals surface area (Å²) in [6, 6.07) is 6.10. The molecule has 0 spiro atoms. The summed E-state index contributed by atoms with van der Waals surface area (Å²) in [6.45, 7) is 8.29. The van der Waals surface area contributed by atoms with Gasteiger partial charge in [0.1, 0.15) is 0 Å². The van der Waals surface area contributed by atoms with Crippen LogP contribution in [0, 0.1) is 0 Å². The summed E-state index contributed by atoms with van der Waals surface area (Å²) >= 11 is 2.06. The van der Waals surface area contributed by atoms with Crippen LogP contribution < -0.4 is 20.1 Å². The molecule has 3 rings (SSSR count). The molecule has 1 unspecified atom stereocenters.